The normalized spacial score (nSPS) is 13.2. The minimum Gasteiger partial charge on any atom is -0.497 e. The highest BCUT2D eigenvalue weighted by Gasteiger charge is 2.34. The molecule has 1 amide bonds. The Morgan fingerprint density at radius 1 is 1.17 bits per heavy atom. The number of amides is 1. The minimum atomic E-state index is -0.0957. The van der Waals surface area contributed by atoms with Crippen LogP contribution in [0.2, 0.25) is 5.02 Å². The van der Waals surface area contributed by atoms with E-state index in [-0.39, 0.29) is 11.9 Å². The predicted molar refractivity (Wildman–Crippen MR) is 109 cm³/mol. The van der Waals surface area contributed by atoms with Crippen molar-refractivity contribution in [1.29, 1.82) is 0 Å². The van der Waals surface area contributed by atoms with E-state index in [2.05, 4.69) is 5.16 Å². The van der Waals surface area contributed by atoms with E-state index in [1.807, 2.05) is 41.3 Å². The lowest BCUT2D eigenvalue weighted by molar-refractivity contribution is 0.0726. The summed E-state index contributed by atoms with van der Waals surface area (Å²) in [7, 11) is 3.20. The molecule has 1 aromatic heterocycles. The zero-order valence-electron chi connectivity index (χ0n) is 16.2. The van der Waals surface area contributed by atoms with E-state index in [1.165, 1.54) is 0 Å². The summed E-state index contributed by atoms with van der Waals surface area (Å²) in [4.78, 5) is 14.9. The number of nitrogens with zero attached hydrogens (tertiary/aromatic N) is 2. The Morgan fingerprint density at radius 2 is 1.97 bits per heavy atom. The molecule has 29 heavy (non-hydrogen) atoms. The van der Waals surface area contributed by atoms with Crippen LogP contribution < -0.4 is 9.47 Å². The van der Waals surface area contributed by atoms with Gasteiger partial charge >= 0.3 is 0 Å². The quantitative estimate of drug-likeness (QED) is 0.556. The molecule has 7 heteroatoms. The summed E-state index contributed by atoms with van der Waals surface area (Å²) in [6.07, 6.45) is 1.95. The van der Waals surface area contributed by atoms with Crippen LogP contribution in [0, 0.1) is 0 Å². The number of aromatic nitrogens is 1. The standard InChI is InChI=1S/C22H21ClN2O4/c1-27-16-9-10-20(28-2)18(12-16)21-11-14(24-29-21)13-25(15-7-8-15)22(26)17-5-3-4-6-19(17)23/h3-6,9-12,15H,7-8,13H2,1-2H3. The van der Waals surface area contributed by atoms with Crippen LogP contribution in [0.25, 0.3) is 11.3 Å². The Morgan fingerprint density at radius 3 is 2.66 bits per heavy atom. The van der Waals surface area contributed by atoms with Gasteiger partial charge in [0.15, 0.2) is 5.76 Å². The third kappa shape index (κ3) is 4.07. The van der Waals surface area contributed by atoms with Crippen molar-refractivity contribution in [2.45, 2.75) is 25.4 Å². The molecule has 0 radical (unpaired) electrons. The van der Waals surface area contributed by atoms with Gasteiger partial charge < -0.3 is 18.9 Å². The maximum absolute atomic E-state index is 13.1. The van der Waals surface area contributed by atoms with Gasteiger partial charge in [-0.05, 0) is 43.2 Å². The van der Waals surface area contributed by atoms with Crippen LogP contribution in [0.4, 0.5) is 0 Å². The van der Waals surface area contributed by atoms with Crippen LogP contribution in [0.15, 0.2) is 53.1 Å². The second kappa shape index (κ2) is 8.17. The molecule has 0 spiro atoms. The lowest BCUT2D eigenvalue weighted by Gasteiger charge is -2.21. The highest BCUT2D eigenvalue weighted by atomic mass is 35.5. The summed E-state index contributed by atoms with van der Waals surface area (Å²) in [5, 5.41) is 4.62. The maximum atomic E-state index is 13.1. The van der Waals surface area contributed by atoms with Gasteiger partial charge in [-0.25, -0.2) is 0 Å². The molecule has 1 fully saturated rings. The zero-order valence-corrected chi connectivity index (χ0v) is 17.0. The average Bonchev–Trinajstić information content (AvgIpc) is 3.49. The predicted octanol–water partition coefficient (Wildman–Crippen LogP) is 4.82. The summed E-state index contributed by atoms with van der Waals surface area (Å²) >= 11 is 6.23. The number of ether oxygens (including phenoxy) is 2. The molecule has 1 aliphatic rings. The Hall–Kier alpha value is -2.99. The molecule has 1 saturated carbocycles. The van der Waals surface area contributed by atoms with Gasteiger partial charge in [-0.15, -0.1) is 0 Å². The van der Waals surface area contributed by atoms with E-state index >= 15 is 0 Å². The van der Waals surface area contributed by atoms with Crippen molar-refractivity contribution >= 4 is 17.5 Å². The molecular formula is C22H21ClN2O4. The number of hydrogen-bond donors (Lipinski definition) is 0. The number of rotatable bonds is 7. The van der Waals surface area contributed by atoms with Gasteiger partial charge in [0.05, 0.1) is 36.9 Å². The van der Waals surface area contributed by atoms with Gasteiger partial charge in [0.25, 0.3) is 5.91 Å². The van der Waals surface area contributed by atoms with Gasteiger partial charge in [-0.3, -0.25) is 4.79 Å². The maximum Gasteiger partial charge on any atom is 0.255 e. The van der Waals surface area contributed by atoms with E-state index in [9.17, 15) is 4.79 Å². The molecule has 0 atom stereocenters. The molecule has 150 valence electrons. The van der Waals surface area contributed by atoms with E-state index < -0.39 is 0 Å². The van der Waals surface area contributed by atoms with Gasteiger partial charge in [-0.1, -0.05) is 28.9 Å². The first-order valence-corrected chi connectivity index (χ1v) is 9.72. The van der Waals surface area contributed by atoms with Crippen molar-refractivity contribution in [3.8, 4) is 22.8 Å². The van der Waals surface area contributed by atoms with E-state index in [0.717, 1.165) is 18.4 Å². The fourth-order valence-electron chi connectivity index (χ4n) is 3.24. The number of methoxy groups -OCH3 is 2. The summed E-state index contributed by atoms with van der Waals surface area (Å²) in [6, 6.07) is 14.6. The van der Waals surface area contributed by atoms with Crippen molar-refractivity contribution in [3.05, 3.63) is 64.8 Å². The van der Waals surface area contributed by atoms with Crippen LogP contribution in [-0.4, -0.2) is 36.2 Å². The SMILES string of the molecule is COc1ccc(OC)c(-c2cc(CN(C(=O)c3ccccc3Cl)C3CC3)no2)c1. The number of carbonyl (C=O) groups is 1. The summed E-state index contributed by atoms with van der Waals surface area (Å²) in [5.74, 6) is 1.80. The number of hydrogen-bond acceptors (Lipinski definition) is 5. The molecular weight excluding hydrogens is 392 g/mol. The Balaban J connectivity index is 1.59. The highest BCUT2D eigenvalue weighted by molar-refractivity contribution is 6.33. The molecule has 1 aliphatic carbocycles. The molecule has 0 bridgehead atoms. The van der Waals surface area contributed by atoms with Crippen molar-refractivity contribution in [1.82, 2.24) is 10.1 Å². The second-order valence-corrected chi connectivity index (χ2v) is 7.30. The molecule has 4 rings (SSSR count). The number of benzene rings is 2. The summed E-state index contributed by atoms with van der Waals surface area (Å²) in [5.41, 5.74) is 1.90. The number of carbonyl (C=O) groups excluding carboxylic acids is 1. The first-order chi connectivity index (χ1) is 14.1. The van der Waals surface area contributed by atoms with E-state index in [1.54, 1.807) is 26.4 Å². The van der Waals surface area contributed by atoms with Crippen LogP contribution in [-0.2, 0) is 6.54 Å². The van der Waals surface area contributed by atoms with Gasteiger partial charge in [-0.2, -0.15) is 0 Å². The summed E-state index contributed by atoms with van der Waals surface area (Å²) in [6.45, 7) is 0.352. The third-order valence-electron chi connectivity index (χ3n) is 4.92. The van der Waals surface area contributed by atoms with Crippen molar-refractivity contribution in [3.63, 3.8) is 0 Å². The highest BCUT2D eigenvalue weighted by Crippen LogP contribution is 2.35. The lowest BCUT2D eigenvalue weighted by Crippen LogP contribution is -2.32. The van der Waals surface area contributed by atoms with Crippen LogP contribution in [0.3, 0.4) is 0 Å². The van der Waals surface area contributed by atoms with Crippen LogP contribution in [0.1, 0.15) is 28.9 Å². The smallest absolute Gasteiger partial charge is 0.255 e. The van der Waals surface area contributed by atoms with Gasteiger partial charge in [0.2, 0.25) is 0 Å². The number of halogens is 1. The Kier molecular flexibility index (Phi) is 5.45. The fourth-order valence-corrected chi connectivity index (χ4v) is 3.45. The molecule has 0 saturated heterocycles. The minimum absolute atomic E-state index is 0.0957. The average molecular weight is 413 g/mol. The molecule has 0 unspecified atom stereocenters. The molecule has 3 aromatic rings. The second-order valence-electron chi connectivity index (χ2n) is 6.89. The molecule has 0 aliphatic heterocycles. The first-order valence-electron chi connectivity index (χ1n) is 9.34. The Labute approximate surface area is 174 Å². The fraction of sp³-hybridized carbons (Fsp3) is 0.273. The van der Waals surface area contributed by atoms with Crippen LogP contribution >= 0.6 is 11.6 Å². The Bertz CT molecular complexity index is 1030. The first kappa shape index (κ1) is 19.3. The molecule has 0 N–H and O–H groups in total. The van der Waals surface area contributed by atoms with Gasteiger partial charge in [0, 0.05) is 12.1 Å². The molecule has 6 nitrogen and oxygen atoms in total. The molecule has 2 aromatic carbocycles. The third-order valence-corrected chi connectivity index (χ3v) is 5.25. The monoisotopic (exact) mass is 412 g/mol. The lowest BCUT2D eigenvalue weighted by atomic mass is 10.1. The largest absolute Gasteiger partial charge is 0.497 e. The van der Waals surface area contributed by atoms with Gasteiger partial charge in [0.1, 0.15) is 17.2 Å². The topological polar surface area (TPSA) is 64.8 Å². The van der Waals surface area contributed by atoms with Crippen molar-refractivity contribution < 1.29 is 18.8 Å². The van der Waals surface area contributed by atoms with E-state index in [0.29, 0.717) is 40.1 Å². The van der Waals surface area contributed by atoms with E-state index in [4.69, 9.17) is 25.6 Å². The van der Waals surface area contributed by atoms with Crippen molar-refractivity contribution in [2.24, 2.45) is 0 Å². The van der Waals surface area contributed by atoms with Crippen LogP contribution in [0.5, 0.6) is 11.5 Å². The molecule has 1 heterocycles. The summed E-state index contributed by atoms with van der Waals surface area (Å²) < 4.78 is 16.3. The van der Waals surface area contributed by atoms with Crippen molar-refractivity contribution in [2.75, 3.05) is 14.2 Å². The zero-order chi connectivity index (χ0) is 20.4.